The second kappa shape index (κ2) is 9.62. The molecule has 1 aromatic heterocycles. The van der Waals surface area contributed by atoms with E-state index in [1.165, 1.54) is 0 Å². The van der Waals surface area contributed by atoms with Crippen molar-refractivity contribution in [2.45, 2.75) is 6.54 Å². The van der Waals surface area contributed by atoms with Crippen LogP contribution in [0.5, 0.6) is 5.75 Å². The molecule has 1 saturated heterocycles. The molecule has 0 bridgehead atoms. The molecule has 0 spiro atoms. The molecule has 1 fully saturated rings. The molecule has 2 heterocycles. The van der Waals surface area contributed by atoms with Gasteiger partial charge in [-0.1, -0.05) is 11.6 Å². The minimum absolute atomic E-state index is 0.0286. The summed E-state index contributed by atoms with van der Waals surface area (Å²) >= 11 is 5.86. The van der Waals surface area contributed by atoms with Crippen LogP contribution >= 0.6 is 11.6 Å². The molecule has 0 atom stereocenters. The molecule has 0 unspecified atom stereocenters. The van der Waals surface area contributed by atoms with E-state index in [4.69, 9.17) is 20.8 Å². The lowest BCUT2D eigenvalue weighted by molar-refractivity contribution is -0.122. The first-order chi connectivity index (χ1) is 12.7. The number of ether oxygens (including phenoxy) is 1. The predicted octanol–water partition coefficient (Wildman–Crippen LogP) is 2.25. The molecule has 2 aromatic rings. The van der Waals surface area contributed by atoms with Gasteiger partial charge in [0.15, 0.2) is 0 Å². The summed E-state index contributed by atoms with van der Waals surface area (Å²) in [5.74, 6) is 1.63. The quantitative estimate of drug-likeness (QED) is 0.764. The number of benzene rings is 1. The van der Waals surface area contributed by atoms with E-state index in [-0.39, 0.29) is 5.91 Å². The van der Waals surface area contributed by atoms with Gasteiger partial charge in [-0.3, -0.25) is 14.6 Å². The highest BCUT2D eigenvalue weighted by Gasteiger charge is 2.18. The Balaban J connectivity index is 1.28. The van der Waals surface area contributed by atoms with Gasteiger partial charge in [0.2, 0.25) is 5.91 Å². The molecule has 3 rings (SSSR count). The van der Waals surface area contributed by atoms with E-state index in [9.17, 15) is 4.79 Å². The third kappa shape index (κ3) is 6.05. The van der Waals surface area contributed by atoms with E-state index >= 15 is 0 Å². The fourth-order valence-corrected chi connectivity index (χ4v) is 2.98. The van der Waals surface area contributed by atoms with Gasteiger partial charge >= 0.3 is 0 Å². The molecule has 6 nitrogen and oxygen atoms in total. The summed E-state index contributed by atoms with van der Waals surface area (Å²) in [5.41, 5.74) is 0. The third-order valence-electron chi connectivity index (χ3n) is 4.36. The minimum Gasteiger partial charge on any atom is -0.492 e. The number of furan rings is 1. The van der Waals surface area contributed by atoms with Gasteiger partial charge in [0.05, 0.1) is 19.4 Å². The van der Waals surface area contributed by atoms with Crippen LogP contribution in [0.1, 0.15) is 5.76 Å². The maximum absolute atomic E-state index is 12.0. The lowest BCUT2D eigenvalue weighted by atomic mass is 10.3. The van der Waals surface area contributed by atoms with Crippen molar-refractivity contribution < 1.29 is 13.9 Å². The van der Waals surface area contributed by atoms with Gasteiger partial charge in [-0.15, -0.1) is 0 Å². The predicted molar refractivity (Wildman–Crippen MR) is 100 cm³/mol. The van der Waals surface area contributed by atoms with Gasteiger partial charge in [0, 0.05) is 37.7 Å². The maximum Gasteiger partial charge on any atom is 0.234 e. The van der Waals surface area contributed by atoms with E-state index in [1.807, 2.05) is 36.4 Å². The monoisotopic (exact) mass is 377 g/mol. The number of nitrogens with zero attached hydrogens (tertiary/aromatic N) is 2. The first kappa shape index (κ1) is 18.8. The van der Waals surface area contributed by atoms with E-state index < -0.39 is 0 Å². The Morgan fingerprint density at radius 3 is 2.54 bits per heavy atom. The van der Waals surface area contributed by atoms with Crippen LogP contribution < -0.4 is 10.1 Å². The van der Waals surface area contributed by atoms with Crippen LogP contribution in [0.15, 0.2) is 47.1 Å². The van der Waals surface area contributed by atoms with Crippen molar-refractivity contribution in [3.05, 3.63) is 53.4 Å². The molecule has 1 aromatic carbocycles. The zero-order chi connectivity index (χ0) is 18.2. The van der Waals surface area contributed by atoms with Crippen molar-refractivity contribution in [3.63, 3.8) is 0 Å². The standard InChI is InChI=1S/C19H24ClN3O3/c20-16-3-5-17(6-4-16)26-13-11-22-7-9-23(10-8-22)15-19(24)21-14-18-2-1-12-25-18/h1-6,12H,7-11,13-15H2,(H,21,24). The summed E-state index contributed by atoms with van der Waals surface area (Å²) < 4.78 is 10.9. The number of amides is 1. The number of hydrogen-bond donors (Lipinski definition) is 1. The van der Waals surface area contributed by atoms with E-state index in [0.29, 0.717) is 24.7 Å². The lowest BCUT2D eigenvalue weighted by Crippen LogP contribution is -2.50. The molecule has 1 N–H and O–H groups in total. The smallest absolute Gasteiger partial charge is 0.234 e. The second-order valence-corrected chi connectivity index (χ2v) is 6.71. The van der Waals surface area contributed by atoms with Crippen LogP contribution in [-0.4, -0.2) is 61.6 Å². The Morgan fingerprint density at radius 2 is 1.85 bits per heavy atom. The summed E-state index contributed by atoms with van der Waals surface area (Å²) in [6, 6.07) is 11.1. The normalized spacial score (nSPS) is 15.7. The van der Waals surface area contributed by atoms with Gasteiger partial charge in [-0.25, -0.2) is 0 Å². The fourth-order valence-electron chi connectivity index (χ4n) is 2.85. The number of piperazine rings is 1. The molecular weight excluding hydrogens is 354 g/mol. The van der Waals surface area contributed by atoms with Crippen molar-refractivity contribution in [2.75, 3.05) is 45.9 Å². The molecule has 26 heavy (non-hydrogen) atoms. The Hall–Kier alpha value is -2.02. The first-order valence-corrected chi connectivity index (χ1v) is 9.19. The van der Waals surface area contributed by atoms with Crippen molar-refractivity contribution in [1.29, 1.82) is 0 Å². The molecule has 1 aliphatic heterocycles. The molecule has 0 aliphatic carbocycles. The number of hydrogen-bond acceptors (Lipinski definition) is 5. The lowest BCUT2D eigenvalue weighted by Gasteiger charge is -2.34. The topological polar surface area (TPSA) is 58.0 Å². The second-order valence-electron chi connectivity index (χ2n) is 6.28. The summed E-state index contributed by atoms with van der Waals surface area (Å²) in [6.07, 6.45) is 1.61. The summed E-state index contributed by atoms with van der Waals surface area (Å²) in [5, 5.41) is 3.59. The summed E-state index contributed by atoms with van der Waals surface area (Å²) in [4.78, 5) is 16.5. The number of carbonyl (C=O) groups excluding carboxylic acids is 1. The van der Waals surface area contributed by atoms with Gasteiger partial charge in [0.25, 0.3) is 0 Å². The first-order valence-electron chi connectivity index (χ1n) is 8.81. The molecule has 0 saturated carbocycles. The third-order valence-corrected chi connectivity index (χ3v) is 4.61. The van der Waals surface area contributed by atoms with Crippen LogP contribution in [0.3, 0.4) is 0 Å². The summed E-state index contributed by atoms with van der Waals surface area (Å²) in [7, 11) is 0. The Labute approximate surface area is 158 Å². The van der Waals surface area contributed by atoms with Crippen LogP contribution in [0.4, 0.5) is 0 Å². The maximum atomic E-state index is 12.0. The molecule has 7 heteroatoms. The average Bonchev–Trinajstić information content (AvgIpc) is 3.17. The Morgan fingerprint density at radius 1 is 1.12 bits per heavy atom. The van der Waals surface area contributed by atoms with Crippen LogP contribution in [0.25, 0.3) is 0 Å². The SMILES string of the molecule is O=C(CN1CCN(CCOc2ccc(Cl)cc2)CC1)NCc1ccco1. The zero-order valence-corrected chi connectivity index (χ0v) is 15.5. The van der Waals surface area contributed by atoms with Crippen molar-refractivity contribution in [1.82, 2.24) is 15.1 Å². The molecule has 1 aliphatic rings. The number of rotatable bonds is 8. The molecule has 1 amide bonds. The Kier molecular flexibility index (Phi) is 6.94. The fraction of sp³-hybridized carbons (Fsp3) is 0.421. The Bertz CT molecular complexity index is 668. The highest BCUT2D eigenvalue weighted by Crippen LogP contribution is 2.15. The number of halogens is 1. The molecule has 0 radical (unpaired) electrons. The number of nitrogens with one attached hydrogen (secondary N) is 1. The molecule has 140 valence electrons. The van der Waals surface area contributed by atoms with Crippen molar-refractivity contribution in [3.8, 4) is 5.75 Å². The van der Waals surface area contributed by atoms with Crippen molar-refractivity contribution in [2.24, 2.45) is 0 Å². The zero-order valence-electron chi connectivity index (χ0n) is 14.7. The van der Waals surface area contributed by atoms with Crippen LogP contribution in [0.2, 0.25) is 5.02 Å². The summed E-state index contributed by atoms with van der Waals surface area (Å²) in [6.45, 7) is 6.03. The van der Waals surface area contributed by atoms with Crippen molar-refractivity contribution >= 4 is 17.5 Å². The van der Waals surface area contributed by atoms with E-state index in [2.05, 4.69) is 15.1 Å². The van der Waals surface area contributed by atoms with Gasteiger partial charge < -0.3 is 14.5 Å². The van der Waals surface area contributed by atoms with Gasteiger partial charge in [0.1, 0.15) is 18.1 Å². The van der Waals surface area contributed by atoms with Crippen LogP contribution in [0, 0.1) is 0 Å². The average molecular weight is 378 g/mol. The van der Waals surface area contributed by atoms with Gasteiger partial charge in [-0.05, 0) is 36.4 Å². The van der Waals surface area contributed by atoms with Gasteiger partial charge in [-0.2, -0.15) is 0 Å². The highest BCUT2D eigenvalue weighted by atomic mass is 35.5. The molecular formula is C19H24ClN3O3. The van der Waals surface area contributed by atoms with E-state index in [0.717, 1.165) is 44.2 Å². The van der Waals surface area contributed by atoms with Crippen LogP contribution in [-0.2, 0) is 11.3 Å². The van der Waals surface area contributed by atoms with E-state index in [1.54, 1.807) is 6.26 Å². The number of carbonyl (C=O) groups is 1. The highest BCUT2D eigenvalue weighted by molar-refractivity contribution is 6.30. The minimum atomic E-state index is 0.0286. The largest absolute Gasteiger partial charge is 0.492 e.